The molecule has 0 radical (unpaired) electrons. The van der Waals surface area contributed by atoms with Crippen LogP contribution in [0.5, 0.6) is 0 Å². The molecule has 26 heavy (non-hydrogen) atoms. The van der Waals surface area contributed by atoms with Crippen molar-refractivity contribution in [3.05, 3.63) is 59.2 Å². The second-order valence-corrected chi connectivity index (χ2v) is 8.39. The lowest BCUT2D eigenvalue weighted by Gasteiger charge is -2.15. The van der Waals surface area contributed by atoms with Crippen LogP contribution in [0.1, 0.15) is 16.7 Å². The van der Waals surface area contributed by atoms with Crippen LogP contribution in [0.3, 0.4) is 0 Å². The summed E-state index contributed by atoms with van der Waals surface area (Å²) in [6, 6.07) is 12.4. The molecule has 1 amide bonds. The van der Waals surface area contributed by atoms with Gasteiger partial charge in [-0.25, -0.2) is 17.9 Å². The van der Waals surface area contributed by atoms with Gasteiger partial charge in [-0.15, -0.1) is 0 Å². The minimum absolute atomic E-state index is 0.0310. The molecule has 1 saturated heterocycles. The summed E-state index contributed by atoms with van der Waals surface area (Å²) in [5.74, 6) is 0. The maximum absolute atomic E-state index is 12.4. The molecule has 1 atom stereocenters. The van der Waals surface area contributed by atoms with Crippen LogP contribution >= 0.6 is 0 Å². The van der Waals surface area contributed by atoms with Gasteiger partial charge in [-0.05, 0) is 56.2 Å². The van der Waals surface area contributed by atoms with E-state index in [1.807, 2.05) is 39.0 Å². The van der Waals surface area contributed by atoms with E-state index in [2.05, 4.69) is 4.72 Å². The molecule has 2 aromatic carbocycles. The number of ether oxygens (including phenoxy) is 1. The van der Waals surface area contributed by atoms with Gasteiger partial charge >= 0.3 is 6.09 Å². The van der Waals surface area contributed by atoms with E-state index >= 15 is 0 Å². The maximum Gasteiger partial charge on any atom is 0.414 e. The molecule has 138 valence electrons. The summed E-state index contributed by atoms with van der Waals surface area (Å²) >= 11 is 0. The lowest BCUT2D eigenvalue weighted by Crippen LogP contribution is -2.34. The van der Waals surface area contributed by atoms with Gasteiger partial charge in [0, 0.05) is 12.2 Å². The van der Waals surface area contributed by atoms with E-state index in [9.17, 15) is 13.2 Å². The highest BCUT2D eigenvalue weighted by molar-refractivity contribution is 7.89. The van der Waals surface area contributed by atoms with Crippen LogP contribution in [-0.2, 0) is 14.8 Å². The van der Waals surface area contributed by atoms with E-state index in [4.69, 9.17) is 4.74 Å². The van der Waals surface area contributed by atoms with Gasteiger partial charge < -0.3 is 4.74 Å². The summed E-state index contributed by atoms with van der Waals surface area (Å²) in [5.41, 5.74) is 3.85. The van der Waals surface area contributed by atoms with Crippen molar-refractivity contribution >= 4 is 21.8 Å². The van der Waals surface area contributed by atoms with Gasteiger partial charge in [0.05, 0.1) is 11.4 Å². The van der Waals surface area contributed by atoms with Crippen LogP contribution in [0.4, 0.5) is 10.5 Å². The van der Waals surface area contributed by atoms with E-state index in [0.29, 0.717) is 6.54 Å². The molecule has 1 unspecified atom stereocenters. The molecule has 0 aromatic heterocycles. The number of hydrogen-bond acceptors (Lipinski definition) is 4. The maximum atomic E-state index is 12.4. The zero-order valence-electron chi connectivity index (χ0n) is 15.0. The molecule has 0 saturated carbocycles. The third kappa shape index (κ3) is 4.05. The Bertz CT molecular complexity index is 903. The number of hydrogen-bond donors (Lipinski definition) is 1. The number of cyclic esters (lactones) is 1. The molecule has 1 aliphatic heterocycles. The molecule has 0 aliphatic carbocycles. The van der Waals surface area contributed by atoms with Gasteiger partial charge in [-0.2, -0.15) is 0 Å². The van der Waals surface area contributed by atoms with Crippen LogP contribution in [0.2, 0.25) is 0 Å². The number of amides is 1. The summed E-state index contributed by atoms with van der Waals surface area (Å²) in [6.45, 7) is 6.15. The first kappa shape index (κ1) is 18.4. The fraction of sp³-hybridized carbons (Fsp3) is 0.316. The zero-order valence-corrected chi connectivity index (χ0v) is 15.8. The highest BCUT2D eigenvalue weighted by atomic mass is 32.2. The molecule has 3 rings (SSSR count). The number of rotatable bonds is 5. The number of sulfonamides is 1. The average Bonchev–Trinajstić information content (AvgIpc) is 2.94. The summed E-state index contributed by atoms with van der Waals surface area (Å²) in [5, 5.41) is 0. The average molecular weight is 374 g/mol. The van der Waals surface area contributed by atoms with Crippen molar-refractivity contribution in [2.75, 3.05) is 18.0 Å². The van der Waals surface area contributed by atoms with Gasteiger partial charge in [0.15, 0.2) is 0 Å². The van der Waals surface area contributed by atoms with Crippen molar-refractivity contribution in [3.8, 4) is 0 Å². The standard InChI is InChI=1S/C19H22N2O4S/c1-13-4-6-18(7-5-13)26(23,24)20-11-17-12-21(19(22)25-17)16-9-14(2)8-15(3)10-16/h4-10,17,20H,11-12H2,1-3H3. The Balaban J connectivity index is 1.67. The topological polar surface area (TPSA) is 75.7 Å². The van der Waals surface area contributed by atoms with Crippen molar-refractivity contribution in [1.82, 2.24) is 4.72 Å². The first-order chi connectivity index (χ1) is 12.2. The van der Waals surface area contributed by atoms with Gasteiger partial charge in [-0.1, -0.05) is 23.8 Å². The third-order valence-electron chi connectivity index (χ3n) is 4.22. The van der Waals surface area contributed by atoms with Crippen molar-refractivity contribution in [3.63, 3.8) is 0 Å². The Morgan fingerprint density at radius 1 is 1.04 bits per heavy atom. The molecule has 6 nitrogen and oxygen atoms in total. The molecule has 1 heterocycles. The van der Waals surface area contributed by atoms with Crippen molar-refractivity contribution < 1.29 is 17.9 Å². The fourth-order valence-corrected chi connectivity index (χ4v) is 4.01. The molecule has 7 heteroatoms. The third-order valence-corrected chi connectivity index (χ3v) is 5.66. The monoisotopic (exact) mass is 374 g/mol. The van der Waals surface area contributed by atoms with Gasteiger partial charge in [0.25, 0.3) is 0 Å². The van der Waals surface area contributed by atoms with Crippen molar-refractivity contribution in [2.24, 2.45) is 0 Å². The highest BCUT2D eigenvalue weighted by Gasteiger charge is 2.33. The Kier molecular flexibility index (Phi) is 5.02. The smallest absolute Gasteiger partial charge is 0.414 e. The van der Waals surface area contributed by atoms with Crippen LogP contribution in [0.25, 0.3) is 0 Å². The van der Waals surface area contributed by atoms with Crippen LogP contribution in [-0.4, -0.2) is 33.7 Å². The number of nitrogens with one attached hydrogen (secondary N) is 1. The second kappa shape index (κ2) is 7.09. The van der Waals surface area contributed by atoms with E-state index in [1.54, 1.807) is 24.3 Å². The lowest BCUT2D eigenvalue weighted by atomic mass is 10.1. The minimum Gasteiger partial charge on any atom is -0.443 e. The highest BCUT2D eigenvalue weighted by Crippen LogP contribution is 2.24. The molecule has 0 spiro atoms. The number of benzene rings is 2. The van der Waals surface area contributed by atoms with E-state index in [1.165, 1.54) is 4.90 Å². The largest absolute Gasteiger partial charge is 0.443 e. The molecular weight excluding hydrogens is 352 g/mol. The predicted octanol–water partition coefficient (Wildman–Crippen LogP) is 2.92. The molecular formula is C19H22N2O4S. The zero-order chi connectivity index (χ0) is 18.9. The molecule has 1 N–H and O–H groups in total. The number of nitrogens with zero attached hydrogens (tertiary/aromatic N) is 1. The Hall–Kier alpha value is -2.38. The van der Waals surface area contributed by atoms with E-state index < -0.39 is 22.2 Å². The summed E-state index contributed by atoms with van der Waals surface area (Å²) in [6.07, 6.45) is -1.00. The molecule has 0 bridgehead atoms. The minimum atomic E-state index is -3.64. The Morgan fingerprint density at radius 3 is 2.27 bits per heavy atom. The van der Waals surface area contributed by atoms with Crippen LogP contribution in [0, 0.1) is 20.8 Å². The SMILES string of the molecule is Cc1ccc(S(=O)(=O)NCC2CN(c3cc(C)cc(C)c3)C(=O)O2)cc1. The van der Waals surface area contributed by atoms with E-state index in [0.717, 1.165) is 22.4 Å². The number of carbonyl (C=O) groups excluding carboxylic acids is 1. The van der Waals surface area contributed by atoms with Gasteiger partial charge in [-0.3, -0.25) is 4.90 Å². The normalized spacial score (nSPS) is 17.4. The molecule has 1 aliphatic rings. The summed E-state index contributed by atoms with van der Waals surface area (Å²) in [4.78, 5) is 13.9. The molecule has 2 aromatic rings. The Morgan fingerprint density at radius 2 is 1.65 bits per heavy atom. The van der Waals surface area contributed by atoms with Crippen molar-refractivity contribution in [1.29, 1.82) is 0 Å². The predicted molar refractivity (Wildman–Crippen MR) is 99.9 cm³/mol. The Labute approximate surface area is 153 Å². The number of anilines is 1. The fourth-order valence-electron chi connectivity index (χ4n) is 2.95. The second-order valence-electron chi connectivity index (χ2n) is 6.63. The number of carbonyl (C=O) groups is 1. The summed E-state index contributed by atoms with van der Waals surface area (Å²) < 4.78 is 32.6. The molecule has 1 fully saturated rings. The summed E-state index contributed by atoms with van der Waals surface area (Å²) in [7, 11) is -3.64. The lowest BCUT2D eigenvalue weighted by molar-refractivity contribution is 0.143. The first-order valence-electron chi connectivity index (χ1n) is 8.37. The van der Waals surface area contributed by atoms with E-state index in [-0.39, 0.29) is 11.4 Å². The first-order valence-corrected chi connectivity index (χ1v) is 9.86. The van der Waals surface area contributed by atoms with Crippen LogP contribution < -0.4 is 9.62 Å². The van der Waals surface area contributed by atoms with Gasteiger partial charge in [0.1, 0.15) is 6.10 Å². The number of aryl methyl sites for hydroxylation is 3. The van der Waals surface area contributed by atoms with Crippen molar-refractivity contribution in [2.45, 2.75) is 31.8 Å². The van der Waals surface area contributed by atoms with Gasteiger partial charge in [0.2, 0.25) is 10.0 Å². The van der Waals surface area contributed by atoms with Crippen LogP contribution in [0.15, 0.2) is 47.4 Å². The quantitative estimate of drug-likeness (QED) is 0.873.